The molecule has 1 atom stereocenters. The van der Waals surface area contributed by atoms with Crippen molar-refractivity contribution in [3.05, 3.63) is 36.4 Å². The van der Waals surface area contributed by atoms with E-state index in [1.807, 2.05) is 31.3 Å². The van der Waals surface area contributed by atoms with E-state index in [-0.39, 0.29) is 0 Å². The predicted octanol–water partition coefficient (Wildman–Crippen LogP) is 2.65. The van der Waals surface area contributed by atoms with Gasteiger partial charge in [-0.05, 0) is 25.0 Å². The van der Waals surface area contributed by atoms with Crippen LogP contribution in [0.4, 0.5) is 5.95 Å². The maximum atomic E-state index is 5.63. The first-order valence-electron chi connectivity index (χ1n) is 8.82. The zero-order chi connectivity index (χ0) is 16.9. The molecule has 6 nitrogen and oxygen atoms in total. The Morgan fingerprint density at radius 3 is 2.88 bits per heavy atom. The van der Waals surface area contributed by atoms with Crippen LogP contribution in [0.5, 0.6) is 0 Å². The molecule has 25 heavy (non-hydrogen) atoms. The van der Waals surface area contributed by atoms with E-state index in [1.54, 1.807) is 0 Å². The van der Waals surface area contributed by atoms with Gasteiger partial charge in [0.1, 0.15) is 5.69 Å². The smallest absolute Gasteiger partial charge is 0.227 e. The lowest BCUT2D eigenvalue weighted by molar-refractivity contribution is 0.160. The van der Waals surface area contributed by atoms with Gasteiger partial charge in [0.05, 0.1) is 12.1 Å². The highest BCUT2D eigenvalue weighted by molar-refractivity contribution is 5.80. The van der Waals surface area contributed by atoms with Crippen LogP contribution in [0.15, 0.2) is 36.4 Å². The molecule has 0 N–H and O–H groups in total. The lowest BCUT2D eigenvalue weighted by Crippen LogP contribution is -2.29. The third-order valence-corrected chi connectivity index (χ3v) is 5.59. The van der Waals surface area contributed by atoms with Gasteiger partial charge in [0.2, 0.25) is 5.95 Å². The van der Waals surface area contributed by atoms with Crippen LogP contribution >= 0.6 is 0 Å². The number of aromatic nitrogens is 4. The molecule has 2 aromatic heterocycles. The number of rotatable bonds is 2. The summed E-state index contributed by atoms with van der Waals surface area (Å²) in [6, 6.07) is 12.2. The van der Waals surface area contributed by atoms with Crippen molar-refractivity contribution in [1.29, 1.82) is 0 Å². The number of hydrogen-bond acceptors (Lipinski definition) is 5. The van der Waals surface area contributed by atoms with Gasteiger partial charge in [0.15, 0.2) is 5.82 Å². The fourth-order valence-corrected chi connectivity index (χ4v) is 4.09. The topological polar surface area (TPSA) is 56.1 Å². The lowest BCUT2D eigenvalue weighted by atomic mass is 9.87. The molecule has 6 heteroatoms. The number of para-hydroxylation sites is 1. The molecule has 1 aromatic carbocycles. The number of pyridine rings is 1. The number of fused-ring (bicyclic) bond motifs is 1. The van der Waals surface area contributed by atoms with Crippen LogP contribution in [0, 0.1) is 5.41 Å². The fourth-order valence-electron chi connectivity index (χ4n) is 4.09. The van der Waals surface area contributed by atoms with E-state index in [0.717, 1.165) is 61.1 Å². The van der Waals surface area contributed by atoms with Crippen molar-refractivity contribution in [2.24, 2.45) is 12.5 Å². The molecular formula is C19H21N5O. The molecule has 1 spiro atoms. The highest BCUT2D eigenvalue weighted by atomic mass is 16.5. The number of anilines is 1. The van der Waals surface area contributed by atoms with Crippen molar-refractivity contribution < 1.29 is 4.74 Å². The quantitative estimate of drug-likeness (QED) is 0.721. The molecule has 3 aromatic rings. The van der Waals surface area contributed by atoms with E-state index < -0.39 is 0 Å². The summed E-state index contributed by atoms with van der Waals surface area (Å²) in [6.45, 7) is 3.78. The van der Waals surface area contributed by atoms with Crippen LogP contribution < -0.4 is 4.90 Å². The molecule has 2 aliphatic heterocycles. The third-order valence-electron chi connectivity index (χ3n) is 5.59. The van der Waals surface area contributed by atoms with Gasteiger partial charge in [0, 0.05) is 37.5 Å². The molecule has 0 saturated carbocycles. The number of nitrogens with zero attached hydrogens (tertiary/aromatic N) is 5. The molecule has 2 saturated heterocycles. The Morgan fingerprint density at radius 2 is 2.00 bits per heavy atom. The molecule has 4 heterocycles. The second kappa shape index (κ2) is 5.52. The van der Waals surface area contributed by atoms with Gasteiger partial charge < -0.3 is 9.64 Å². The second-order valence-electron chi connectivity index (χ2n) is 7.25. The molecule has 0 amide bonds. The Labute approximate surface area is 146 Å². The van der Waals surface area contributed by atoms with Crippen molar-refractivity contribution in [1.82, 2.24) is 19.7 Å². The van der Waals surface area contributed by atoms with E-state index >= 15 is 0 Å². The standard InChI is InChI=1S/C19H21N5O/c1-23-17(16-7-6-14-4-2-3-5-15(14)20-16)21-22-18(23)24-10-8-19(12-24)9-11-25-13-19/h2-7H,8-13H2,1H3. The summed E-state index contributed by atoms with van der Waals surface area (Å²) in [5.41, 5.74) is 2.15. The molecule has 0 radical (unpaired) electrons. The predicted molar refractivity (Wildman–Crippen MR) is 96.4 cm³/mol. The SMILES string of the molecule is Cn1c(-c2ccc3ccccc3n2)nnc1N1CCC2(CCOC2)C1. The minimum atomic E-state index is 0.313. The van der Waals surface area contributed by atoms with Crippen molar-refractivity contribution in [2.45, 2.75) is 12.8 Å². The van der Waals surface area contributed by atoms with Crippen LogP contribution in [0.3, 0.4) is 0 Å². The van der Waals surface area contributed by atoms with E-state index in [4.69, 9.17) is 9.72 Å². The summed E-state index contributed by atoms with van der Waals surface area (Å²) in [5.74, 6) is 1.73. The van der Waals surface area contributed by atoms with Crippen molar-refractivity contribution in [2.75, 3.05) is 31.2 Å². The molecular weight excluding hydrogens is 314 g/mol. The second-order valence-corrected chi connectivity index (χ2v) is 7.25. The summed E-state index contributed by atoms with van der Waals surface area (Å²) in [4.78, 5) is 7.09. The number of benzene rings is 1. The Balaban J connectivity index is 1.47. The average molecular weight is 335 g/mol. The lowest BCUT2D eigenvalue weighted by Gasteiger charge is -2.22. The number of hydrogen-bond donors (Lipinski definition) is 0. The van der Waals surface area contributed by atoms with Crippen LogP contribution in [0.2, 0.25) is 0 Å². The summed E-state index contributed by atoms with van der Waals surface area (Å²) in [7, 11) is 2.03. The van der Waals surface area contributed by atoms with Gasteiger partial charge in [-0.2, -0.15) is 0 Å². The van der Waals surface area contributed by atoms with E-state index in [0.29, 0.717) is 5.41 Å². The zero-order valence-electron chi connectivity index (χ0n) is 14.4. The van der Waals surface area contributed by atoms with Crippen LogP contribution in [-0.4, -0.2) is 46.1 Å². The molecule has 2 fully saturated rings. The molecule has 2 aliphatic rings. The van der Waals surface area contributed by atoms with Crippen LogP contribution in [0.25, 0.3) is 22.4 Å². The van der Waals surface area contributed by atoms with Gasteiger partial charge in [-0.15, -0.1) is 10.2 Å². The van der Waals surface area contributed by atoms with Crippen LogP contribution in [0.1, 0.15) is 12.8 Å². The Hall–Kier alpha value is -2.47. The van der Waals surface area contributed by atoms with E-state index in [9.17, 15) is 0 Å². The molecule has 5 rings (SSSR count). The van der Waals surface area contributed by atoms with Crippen molar-refractivity contribution in [3.63, 3.8) is 0 Å². The third kappa shape index (κ3) is 2.40. The van der Waals surface area contributed by atoms with Gasteiger partial charge in [0.25, 0.3) is 0 Å². The van der Waals surface area contributed by atoms with Gasteiger partial charge in [-0.3, -0.25) is 4.57 Å². The number of ether oxygens (including phenoxy) is 1. The first-order chi connectivity index (χ1) is 12.2. The average Bonchev–Trinajstić information content (AvgIpc) is 3.36. The van der Waals surface area contributed by atoms with Crippen molar-refractivity contribution in [3.8, 4) is 11.5 Å². The molecule has 1 unspecified atom stereocenters. The Kier molecular flexibility index (Phi) is 3.28. The highest BCUT2D eigenvalue weighted by Crippen LogP contribution is 2.39. The van der Waals surface area contributed by atoms with E-state index in [1.165, 1.54) is 6.42 Å². The highest BCUT2D eigenvalue weighted by Gasteiger charge is 2.42. The summed E-state index contributed by atoms with van der Waals surface area (Å²) < 4.78 is 7.69. The molecule has 128 valence electrons. The summed E-state index contributed by atoms with van der Waals surface area (Å²) >= 11 is 0. The first-order valence-corrected chi connectivity index (χ1v) is 8.82. The van der Waals surface area contributed by atoms with Crippen LogP contribution in [-0.2, 0) is 11.8 Å². The molecule has 0 bridgehead atoms. The minimum absolute atomic E-state index is 0.313. The zero-order valence-corrected chi connectivity index (χ0v) is 14.4. The fraction of sp³-hybridized carbons (Fsp3) is 0.421. The first kappa shape index (κ1) is 14.8. The van der Waals surface area contributed by atoms with Gasteiger partial charge in [-0.1, -0.05) is 24.3 Å². The maximum Gasteiger partial charge on any atom is 0.227 e. The monoisotopic (exact) mass is 335 g/mol. The normalized spacial score (nSPS) is 23.2. The van der Waals surface area contributed by atoms with Gasteiger partial charge in [-0.25, -0.2) is 4.98 Å². The van der Waals surface area contributed by atoms with Crippen molar-refractivity contribution >= 4 is 16.9 Å². The van der Waals surface area contributed by atoms with E-state index in [2.05, 4.69) is 31.8 Å². The minimum Gasteiger partial charge on any atom is -0.381 e. The summed E-state index contributed by atoms with van der Waals surface area (Å²) in [5, 5.41) is 10.0. The van der Waals surface area contributed by atoms with Gasteiger partial charge >= 0.3 is 0 Å². The Bertz CT molecular complexity index is 928. The summed E-state index contributed by atoms with van der Waals surface area (Å²) in [6.07, 6.45) is 2.32. The molecule has 0 aliphatic carbocycles. The maximum absolute atomic E-state index is 5.63. The largest absolute Gasteiger partial charge is 0.381 e. The Morgan fingerprint density at radius 1 is 1.08 bits per heavy atom.